The largest absolute Gasteiger partial charge is 0.484 e. The Labute approximate surface area is 159 Å². The highest BCUT2D eigenvalue weighted by molar-refractivity contribution is 5.99. The molecule has 142 valence electrons. The molecular formula is C22H26N2O3. The Kier molecular flexibility index (Phi) is 5.79. The Hall–Kier alpha value is -2.82. The van der Waals surface area contributed by atoms with Crippen LogP contribution in [0.1, 0.15) is 43.2 Å². The van der Waals surface area contributed by atoms with Crippen LogP contribution in [0.5, 0.6) is 5.75 Å². The lowest BCUT2D eigenvalue weighted by Crippen LogP contribution is -2.42. The molecule has 0 aromatic heterocycles. The lowest BCUT2D eigenvalue weighted by Gasteiger charge is -2.36. The number of ether oxygens (including phenoxy) is 1. The van der Waals surface area contributed by atoms with Gasteiger partial charge in [0.15, 0.2) is 6.61 Å². The molecule has 2 aromatic carbocycles. The summed E-state index contributed by atoms with van der Waals surface area (Å²) in [6.45, 7) is 1.89. The number of amides is 2. The summed E-state index contributed by atoms with van der Waals surface area (Å²) in [5.74, 6) is 0.0567. The van der Waals surface area contributed by atoms with Gasteiger partial charge in [0.25, 0.3) is 5.91 Å². The maximum absolute atomic E-state index is 13.3. The van der Waals surface area contributed by atoms with Gasteiger partial charge in [0.2, 0.25) is 5.91 Å². The molecule has 1 saturated carbocycles. The number of hydrogen-bond donors (Lipinski definition) is 2. The highest BCUT2D eigenvalue weighted by atomic mass is 16.5. The third-order valence-corrected chi connectivity index (χ3v) is 5.21. The number of carbonyl (C=O) groups is 2. The zero-order chi connectivity index (χ0) is 19.3. The number of carbonyl (C=O) groups excluding carboxylic acids is 2. The number of nitrogens with one attached hydrogen (secondary N) is 1. The standard InChI is InChI=1S/C22H26N2O3/c1-16-6-5-7-17(14-16)22(12-3-2-4-13-22)21(26)24-18-8-10-19(11-9-18)27-15-20(23)25/h5-11,14H,2-4,12-13,15H2,1H3,(H2,23,25)(H,24,26). The maximum atomic E-state index is 13.3. The van der Waals surface area contributed by atoms with Gasteiger partial charge < -0.3 is 15.8 Å². The van der Waals surface area contributed by atoms with Crippen molar-refractivity contribution in [2.24, 2.45) is 5.73 Å². The molecule has 27 heavy (non-hydrogen) atoms. The van der Waals surface area contributed by atoms with E-state index in [9.17, 15) is 9.59 Å². The molecule has 0 heterocycles. The zero-order valence-corrected chi connectivity index (χ0v) is 15.7. The van der Waals surface area contributed by atoms with Crippen molar-refractivity contribution in [3.8, 4) is 5.75 Å². The van der Waals surface area contributed by atoms with E-state index in [2.05, 4.69) is 30.4 Å². The maximum Gasteiger partial charge on any atom is 0.255 e. The first-order valence-corrected chi connectivity index (χ1v) is 9.39. The smallest absolute Gasteiger partial charge is 0.255 e. The molecule has 5 heteroatoms. The van der Waals surface area contributed by atoms with Gasteiger partial charge in [0.1, 0.15) is 5.75 Å². The molecule has 3 rings (SSSR count). The zero-order valence-electron chi connectivity index (χ0n) is 15.7. The Morgan fingerprint density at radius 3 is 2.41 bits per heavy atom. The molecule has 1 aliphatic carbocycles. The van der Waals surface area contributed by atoms with Gasteiger partial charge in [-0.1, -0.05) is 49.1 Å². The van der Waals surface area contributed by atoms with Crippen LogP contribution in [0.2, 0.25) is 0 Å². The van der Waals surface area contributed by atoms with Crippen LogP contribution in [0.15, 0.2) is 48.5 Å². The van der Waals surface area contributed by atoms with Crippen molar-refractivity contribution in [1.29, 1.82) is 0 Å². The number of aryl methyl sites for hydroxylation is 1. The molecule has 0 radical (unpaired) electrons. The van der Waals surface area contributed by atoms with Crippen LogP contribution in [0.25, 0.3) is 0 Å². The van der Waals surface area contributed by atoms with E-state index in [0.29, 0.717) is 11.4 Å². The molecule has 3 N–H and O–H groups in total. The van der Waals surface area contributed by atoms with Crippen molar-refractivity contribution < 1.29 is 14.3 Å². The predicted octanol–water partition coefficient (Wildman–Crippen LogP) is 3.70. The highest BCUT2D eigenvalue weighted by Gasteiger charge is 2.41. The molecule has 1 aliphatic rings. The number of rotatable bonds is 6. The van der Waals surface area contributed by atoms with Crippen LogP contribution in [0.3, 0.4) is 0 Å². The molecule has 0 atom stereocenters. The molecule has 0 bridgehead atoms. The molecule has 2 amide bonds. The van der Waals surface area contributed by atoms with Crippen molar-refractivity contribution in [2.75, 3.05) is 11.9 Å². The number of benzene rings is 2. The van der Waals surface area contributed by atoms with Gasteiger partial charge in [-0.05, 0) is 49.6 Å². The third-order valence-electron chi connectivity index (χ3n) is 5.21. The van der Waals surface area contributed by atoms with Crippen LogP contribution < -0.4 is 15.8 Å². The molecule has 2 aromatic rings. The number of hydrogen-bond acceptors (Lipinski definition) is 3. The van der Waals surface area contributed by atoms with E-state index in [1.807, 2.05) is 6.07 Å². The number of nitrogens with two attached hydrogens (primary N) is 1. The van der Waals surface area contributed by atoms with Crippen molar-refractivity contribution in [2.45, 2.75) is 44.4 Å². The Morgan fingerprint density at radius 2 is 1.78 bits per heavy atom. The quantitative estimate of drug-likeness (QED) is 0.818. The van der Waals surface area contributed by atoms with Gasteiger partial charge in [0, 0.05) is 5.69 Å². The fourth-order valence-corrected chi connectivity index (χ4v) is 3.78. The summed E-state index contributed by atoms with van der Waals surface area (Å²) < 4.78 is 5.26. The van der Waals surface area contributed by atoms with Crippen molar-refractivity contribution >= 4 is 17.5 Å². The van der Waals surface area contributed by atoms with Crippen LogP contribution >= 0.6 is 0 Å². The van der Waals surface area contributed by atoms with E-state index in [4.69, 9.17) is 10.5 Å². The first-order valence-electron chi connectivity index (χ1n) is 9.39. The average molecular weight is 366 g/mol. The van der Waals surface area contributed by atoms with Crippen LogP contribution in [-0.4, -0.2) is 18.4 Å². The Bertz CT molecular complexity index is 809. The second-order valence-corrected chi connectivity index (χ2v) is 7.25. The summed E-state index contributed by atoms with van der Waals surface area (Å²) in [5, 5.41) is 3.08. The van der Waals surface area contributed by atoms with Gasteiger partial charge in [-0.3, -0.25) is 9.59 Å². The summed E-state index contributed by atoms with van der Waals surface area (Å²) in [7, 11) is 0. The summed E-state index contributed by atoms with van der Waals surface area (Å²) in [6.07, 6.45) is 5.01. The first kappa shape index (κ1) is 19.0. The van der Waals surface area contributed by atoms with Crippen LogP contribution in [0, 0.1) is 6.92 Å². The van der Waals surface area contributed by atoms with E-state index in [1.54, 1.807) is 24.3 Å². The van der Waals surface area contributed by atoms with Gasteiger partial charge in [0.05, 0.1) is 5.41 Å². The Balaban J connectivity index is 1.78. The first-order chi connectivity index (χ1) is 13.0. The monoisotopic (exact) mass is 366 g/mol. The number of primary amides is 1. The number of anilines is 1. The molecule has 0 unspecified atom stereocenters. The van der Waals surface area contributed by atoms with Gasteiger partial charge in [-0.25, -0.2) is 0 Å². The van der Waals surface area contributed by atoms with Crippen molar-refractivity contribution in [3.05, 3.63) is 59.7 Å². The fraction of sp³-hybridized carbons (Fsp3) is 0.364. The normalized spacial score (nSPS) is 15.7. The van der Waals surface area contributed by atoms with Crippen LogP contribution in [-0.2, 0) is 15.0 Å². The second kappa shape index (κ2) is 8.25. The summed E-state index contributed by atoms with van der Waals surface area (Å²) in [6, 6.07) is 15.3. The summed E-state index contributed by atoms with van der Waals surface area (Å²) in [5.41, 5.74) is 7.58. The molecule has 0 aliphatic heterocycles. The van der Waals surface area contributed by atoms with E-state index in [0.717, 1.165) is 31.2 Å². The summed E-state index contributed by atoms with van der Waals surface area (Å²) in [4.78, 5) is 24.1. The SMILES string of the molecule is Cc1cccc(C2(C(=O)Nc3ccc(OCC(N)=O)cc3)CCCCC2)c1. The highest BCUT2D eigenvalue weighted by Crippen LogP contribution is 2.40. The predicted molar refractivity (Wildman–Crippen MR) is 106 cm³/mol. The van der Waals surface area contributed by atoms with E-state index in [-0.39, 0.29) is 12.5 Å². The van der Waals surface area contributed by atoms with E-state index >= 15 is 0 Å². The van der Waals surface area contributed by atoms with Crippen molar-refractivity contribution in [1.82, 2.24) is 0 Å². The topological polar surface area (TPSA) is 81.4 Å². The average Bonchev–Trinajstić information content (AvgIpc) is 2.68. The van der Waals surface area contributed by atoms with E-state index < -0.39 is 11.3 Å². The molecule has 0 spiro atoms. The molecule has 5 nitrogen and oxygen atoms in total. The lowest BCUT2D eigenvalue weighted by molar-refractivity contribution is -0.123. The summed E-state index contributed by atoms with van der Waals surface area (Å²) >= 11 is 0. The van der Waals surface area contributed by atoms with Crippen molar-refractivity contribution in [3.63, 3.8) is 0 Å². The third kappa shape index (κ3) is 4.48. The molecule has 0 saturated heterocycles. The molecular weight excluding hydrogens is 340 g/mol. The van der Waals surface area contributed by atoms with E-state index in [1.165, 1.54) is 12.0 Å². The van der Waals surface area contributed by atoms with Gasteiger partial charge in [-0.2, -0.15) is 0 Å². The fourth-order valence-electron chi connectivity index (χ4n) is 3.78. The second-order valence-electron chi connectivity index (χ2n) is 7.25. The molecule has 1 fully saturated rings. The van der Waals surface area contributed by atoms with Gasteiger partial charge in [-0.15, -0.1) is 0 Å². The Morgan fingerprint density at radius 1 is 1.07 bits per heavy atom. The van der Waals surface area contributed by atoms with Crippen LogP contribution in [0.4, 0.5) is 5.69 Å². The minimum atomic E-state index is -0.523. The lowest BCUT2D eigenvalue weighted by atomic mass is 9.68. The minimum Gasteiger partial charge on any atom is -0.484 e. The minimum absolute atomic E-state index is 0.0404. The van der Waals surface area contributed by atoms with Gasteiger partial charge >= 0.3 is 0 Å².